The number of benzene rings is 1. The number of nitrogens with two attached hydrogens (primary N) is 1. The van der Waals surface area contributed by atoms with E-state index < -0.39 is 72.6 Å². The van der Waals surface area contributed by atoms with Crippen molar-refractivity contribution in [1.29, 1.82) is 5.41 Å². The zero-order chi connectivity index (χ0) is 32.5. The number of hydrogen-bond acceptors (Lipinski definition) is 8. The van der Waals surface area contributed by atoms with E-state index in [4.69, 9.17) is 11.1 Å². The van der Waals surface area contributed by atoms with Crippen molar-refractivity contribution in [3.05, 3.63) is 35.9 Å². The molecule has 0 spiro atoms. The third kappa shape index (κ3) is 13.1. The van der Waals surface area contributed by atoms with Crippen LogP contribution in [0.15, 0.2) is 30.3 Å². The van der Waals surface area contributed by atoms with Crippen LogP contribution in [0.5, 0.6) is 0 Å². The number of hydrogen-bond donors (Lipinski definition) is 10. The van der Waals surface area contributed by atoms with Crippen molar-refractivity contribution in [3.8, 4) is 0 Å². The number of guanidine groups is 1. The number of amides is 5. The molecule has 44 heavy (non-hydrogen) atoms. The number of carbonyl (C=O) groups excluding carboxylic acids is 5. The van der Waals surface area contributed by atoms with Gasteiger partial charge >= 0.3 is 5.97 Å². The Hall–Kier alpha value is -4.73. The van der Waals surface area contributed by atoms with Gasteiger partial charge in [0.1, 0.15) is 24.2 Å². The minimum absolute atomic E-state index is 0.0199. The Morgan fingerprint density at radius 1 is 0.841 bits per heavy atom. The van der Waals surface area contributed by atoms with E-state index >= 15 is 0 Å². The minimum atomic E-state index is -1.54. The molecule has 1 aliphatic rings. The van der Waals surface area contributed by atoms with E-state index in [9.17, 15) is 33.9 Å². The maximum absolute atomic E-state index is 13.6. The van der Waals surface area contributed by atoms with Crippen LogP contribution < -0.4 is 43.0 Å². The lowest BCUT2D eigenvalue weighted by molar-refractivity contribution is -0.141. The van der Waals surface area contributed by atoms with E-state index in [1.54, 1.807) is 37.4 Å². The van der Waals surface area contributed by atoms with Gasteiger partial charge in [0.05, 0.1) is 13.0 Å². The molecule has 1 aliphatic heterocycles. The summed E-state index contributed by atoms with van der Waals surface area (Å²) >= 11 is 0. The highest BCUT2D eigenvalue weighted by molar-refractivity contribution is 5.98. The lowest BCUT2D eigenvalue weighted by Crippen LogP contribution is -2.58. The molecule has 1 heterocycles. The minimum Gasteiger partial charge on any atom is -0.481 e. The Morgan fingerprint density at radius 2 is 1.43 bits per heavy atom. The van der Waals surface area contributed by atoms with Gasteiger partial charge in [0.2, 0.25) is 29.5 Å². The zero-order valence-electron chi connectivity index (χ0n) is 24.7. The normalized spacial score (nSPS) is 21.8. The second-order valence-corrected chi connectivity index (χ2v) is 10.4. The third-order valence-electron chi connectivity index (χ3n) is 6.79. The van der Waals surface area contributed by atoms with Gasteiger partial charge in [0, 0.05) is 13.0 Å². The number of rotatable bonds is 13. The van der Waals surface area contributed by atoms with E-state index in [1.807, 2.05) is 0 Å². The van der Waals surface area contributed by atoms with Crippen LogP contribution >= 0.6 is 0 Å². The number of unbranched alkanes of at least 4 members (excludes halogenated alkanes) is 1. The van der Waals surface area contributed by atoms with Gasteiger partial charge < -0.3 is 48.1 Å². The fraction of sp³-hybridized carbons (Fsp3) is 0.536. The summed E-state index contributed by atoms with van der Waals surface area (Å²) in [7, 11) is 1.79. The summed E-state index contributed by atoms with van der Waals surface area (Å²) in [5.41, 5.74) is 6.00. The molecule has 0 radical (unpaired) electrons. The molecule has 11 N–H and O–H groups in total. The largest absolute Gasteiger partial charge is 0.481 e. The monoisotopic (exact) mass is 617 g/mol. The molecular weight excluding hydrogens is 574 g/mol. The third-order valence-corrected chi connectivity index (χ3v) is 6.79. The van der Waals surface area contributed by atoms with Gasteiger partial charge in [-0.05, 0) is 51.3 Å². The Kier molecular flexibility index (Phi) is 15.1. The van der Waals surface area contributed by atoms with Crippen LogP contribution in [-0.2, 0) is 35.2 Å². The summed E-state index contributed by atoms with van der Waals surface area (Å²) in [6.45, 7) is 0.318. The average Bonchev–Trinajstić information content (AvgIpc) is 2.97. The first-order valence-corrected chi connectivity index (χ1v) is 14.5. The molecule has 0 unspecified atom stereocenters. The molecule has 2 rings (SSSR count). The molecule has 0 bridgehead atoms. The molecule has 16 nitrogen and oxygen atoms in total. The number of carboxylic acid groups (broad SMARTS) is 1. The second-order valence-electron chi connectivity index (χ2n) is 10.4. The Bertz CT molecular complexity index is 1170. The van der Waals surface area contributed by atoms with Gasteiger partial charge in [0.15, 0.2) is 5.96 Å². The van der Waals surface area contributed by atoms with Crippen molar-refractivity contribution in [1.82, 2.24) is 37.2 Å². The predicted octanol–water partition coefficient (Wildman–Crippen LogP) is -2.57. The first-order valence-electron chi connectivity index (χ1n) is 14.5. The highest BCUT2D eigenvalue weighted by Gasteiger charge is 2.33. The van der Waals surface area contributed by atoms with Gasteiger partial charge in [-0.15, -0.1) is 0 Å². The molecule has 242 valence electrons. The van der Waals surface area contributed by atoms with Crippen LogP contribution in [0.1, 0.15) is 44.1 Å². The summed E-state index contributed by atoms with van der Waals surface area (Å²) in [5.74, 6) is -5.41. The van der Waals surface area contributed by atoms with E-state index in [-0.39, 0.29) is 31.8 Å². The van der Waals surface area contributed by atoms with Crippen LogP contribution in [0.4, 0.5) is 0 Å². The quantitative estimate of drug-likeness (QED) is 0.0628. The average molecular weight is 618 g/mol. The van der Waals surface area contributed by atoms with Crippen LogP contribution in [0.3, 0.4) is 0 Å². The molecule has 1 aromatic rings. The number of nitrogens with one attached hydrogen (secondary N) is 8. The molecule has 0 aliphatic carbocycles. The lowest BCUT2D eigenvalue weighted by atomic mass is 10.0. The first-order chi connectivity index (χ1) is 21.0. The summed E-state index contributed by atoms with van der Waals surface area (Å²) < 4.78 is 0. The fourth-order valence-corrected chi connectivity index (χ4v) is 4.51. The van der Waals surface area contributed by atoms with Crippen molar-refractivity contribution in [3.63, 3.8) is 0 Å². The second kappa shape index (κ2) is 18.7. The highest BCUT2D eigenvalue weighted by Crippen LogP contribution is 2.09. The smallest absolute Gasteiger partial charge is 0.305 e. The Morgan fingerprint density at radius 3 is 2.07 bits per heavy atom. The molecule has 4 atom stereocenters. The van der Waals surface area contributed by atoms with Gasteiger partial charge in [-0.2, -0.15) is 0 Å². The maximum Gasteiger partial charge on any atom is 0.305 e. The summed E-state index contributed by atoms with van der Waals surface area (Å²) in [6, 6.07) is 3.84. The van der Waals surface area contributed by atoms with E-state index in [0.717, 1.165) is 0 Å². The zero-order valence-corrected chi connectivity index (χ0v) is 24.7. The molecule has 1 aromatic carbocycles. The van der Waals surface area contributed by atoms with Crippen molar-refractivity contribution < 1.29 is 33.9 Å². The van der Waals surface area contributed by atoms with E-state index in [2.05, 4.69) is 37.2 Å². The van der Waals surface area contributed by atoms with E-state index in [1.165, 1.54) is 0 Å². The van der Waals surface area contributed by atoms with Crippen LogP contribution in [0.2, 0.25) is 0 Å². The van der Waals surface area contributed by atoms with Crippen molar-refractivity contribution >= 4 is 41.5 Å². The van der Waals surface area contributed by atoms with Crippen molar-refractivity contribution in [2.45, 2.75) is 69.1 Å². The highest BCUT2D eigenvalue weighted by atomic mass is 16.4. The molecule has 0 aromatic heterocycles. The van der Waals surface area contributed by atoms with Crippen LogP contribution in [0, 0.1) is 5.41 Å². The SMILES string of the molecule is CNCCCC[C@@H]1NC(=O)[C@@H](Cc2ccccc2)NC(=O)[C@H](CC(=O)O)NC(=O)CNC(=O)[C@H](CCCNC(=N)N)NC1=O. The molecule has 5 amide bonds. The summed E-state index contributed by atoms with van der Waals surface area (Å²) in [6.07, 6.45) is 1.16. The Labute approximate surface area is 255 Å². The topological polar surface area (TPSA) is 257 Å². The van der Waals surface area contributed by atoms with Gasteiger partial charge in [0.25, 0.3) is 0 Å². The van der Waals surface area contributed by atoms with Gasteiger partial charge in [-0.1, -0.05) is 30.3 Å². The summed E-state index contributed by atoms with van der Waals surface area (Å²) in [4.78, 5) is 77.5. The van der Waals surface area contributed by atoms with E-state index in [0.29, 0.717) is 31.4 Å². The first kappa shape index (κ1) is 35.5. The van der Waals surface area contributed by atoms with Crippen molar-refractivity contribution in [2.75, 3.05) is 26.7 Å². The molecule has 1 fully saturated rings. The number of carboxylic acids is 1. The molecule has 1 saturated heterocycles. The number of carbonyl (C=O) groups is 6. The van der Waals surface area contributed by atoms with Crippen LogP contribution in [-0.4, -0.2) is 97.4 Å². The number of aliphatic carboxylic acids is 1. The fourth-order valence-electron chi connectivity index (χ4n) is 4.51. The van der Waals surface area contributed by atoms with Crippen LogP contribution in [0.25, 0.3) is 0 Å². The van der Waals surface area contributed by atoms with Gasteiger partial charge in [-0.3, -0.25) is 34.2 Å². The summed E-state index contributed by atoms with van der Waals surface area (Å²) in [5, 5.41) is 34.9. The molecular formula is C28H43N9O7. The predicted molar refractivity (Wildman–Crippen MR) is 160 cm³/mol. The standard InChI is InChI=1S/C28H43N9O7/c1-31-12-6-5-10-19-25(42)35-18(11-7-13-32-28(29)30)24(41)33-16-22(38)34-21(15-23(39)40)27(44)37-20(26(43)36-19)14-17-8-3-2-4-9-17/h2-4,8-9,18-21,31H,5-7,10-16H2,1H3,(H,33,41)(H,34,38)(H,35,42)(H,36,43)(H,37,44)(H,39,40)(H4,29,30,32)/t18-,19-,20+,21-/m0/s1. The Balaban J connectivity index is 2.43. The lowest BCUT2D eigenvalue weighted by Gasteiger charge is -2.26. The maximum atomic E-state index is 13.6. The van der Waals surface area contributed by atoms with Gasteiger partial charge in [-0.25, -0.2) is 0 Å². The molecule has 16 heteroatoms. The van der Waals surface area contributed by atoms with Crippen molar-refractivity contribution in [2.24, 2.45) is 5.73 Å². The molecule has 0 saturated carbocycles.